The first kappa shape index (κ1) is 11.2. The van der Waals surface area contributed by atoms with E-state index in [2.05, 4.69) is 24.3 Å². The molecule has 1 heteroatoms. The third-order valence-corrected chi connectivity index (χ3v) is 1.60. The van der Waals surface area contributed by atoms with Gasteiger partial charge < -0.3 is 4.79 Å². The van der Waals surface area contributed by atoms with Crippen LogP contribution in [0.3, 0.4) is 0 Å². The first-order valence-electron chi connectivity index (χ1n) is 4.61. The fraction of sp³-hybridized carbons (Fsp3) is 0.545. The molecule has 0 aliphatic rings. The van der Waals surface area contributed by atoms with Crippen LogP contribution in [0, 0.1) is 0 Å². The SMILES string of the molecule is CC=CCCCC=CCCC=O. The largest absolute Gasteiger partial charge is 0.303 e. The quantitative estimate of drug-likeness (QED) is 0.322. The topological polar surface area (TPSA) is 17.1 Å². The van der Waals surface area contributed by atoms with Gasteiger partial charge in [0.15, 0.2) is 0 Å². The number of carbonyl (C=O) groups is 1. The van der Waals surface area contributed by atoms with E-state index in [1.165, 1.54) is 6.42 Å². The standard InChI is InChI=1S/C11H18O/c1-2-3-4-5-6-7-8-9-10-11-12/h2-3,7-8,11H,4-6,9-10H2,1H3. The van der Waals surface area contributed by atoms with E-state index in [1.807, 2.05) is 6.92 Å². The molecule has 0 aliphatic carbocycles. The van der Waals surface area contributed by atoms with Gasteiger partial charge in [0.2, 0.25) is 0 Å². The highest BCUT2D eigenvalue weighted by atomic mass is 16.1. The van der Waals surface area contributed by atoms with Crippen LogP contribution >= 0.6 is 0 Å². The van der Waals surface area contributed by atoms with Crippen LogP contribution in [0.2, 0.25) is 0 Å². The van der Waals surface area contributed by atoms with Crippen molar-refractivity contribution < 1.29 is 4.79 Å². The summed E-state index contributed by atoms with van der Waals surface area (Å²) in [5.74, 6) is 0. The molecule has 1 nitrogen and oxygen atoms in total. The van der Waals surface area contributed by atoms with Crippen molar-refractivity contribution >= 4 is 6.29 Å². The summed E-state index contributed by atoms with van der Waals surface area (Å²) in [6.45, 7) is 2.04. The normalized spacial score (nSPS) is 11.4. The van der Waals surface area contributed by atoms with Crippen LogP contribution in [-0.4, -0.2) is 6.29 Å². The molecular weight excluding hydrogens is 148 g/mol. The van der Waals surface area contributed by atoms with Gasteiger partial charge in [-0.25, -0.2) is 0 Å². The number of unbranched alkanes of at least 4 members (excludes halogenated alkanes) is 3. The average molecular weight is 166 g/mol. The van der Waals surface area contributed by atoms with E-state index in [0.717, 1.165) is 25.5 Å². The van der Waals surface area contributed by atoms with Gasteiger partial charge >= 0.3 is 0 Å². The van der Waals surface area contributed by atoms with E-state index < -0.39 is 0 Å². The third-order valence-electron chi connectivity index (χ3n) is 1.60. The van der Waals surface area contributed by atoms with Crippen LogP contribution in [0.25, 0.3) is 0 Å². The maximum Gasteiger partial charge on any atom is 0.120 e. The molecule has 12 heavy (non-hydrogen) atoms. The molecule has 0 saturated heterocycles. The van der Waals surface area contributed by atoms with E-state index in [0.29, 0.717) is 6.42 Å². The number of rotatable bonds is 7. The van der Waals surface area contributed by atoms with Gasteiger partial charge in [-0.15, -0.1) is 0 Å². The van der Waals surface area contributed by atoms with Crippen molar-refractivity contribution in [3.63, 3.8) is 0 Å². The zero-order chi connectivity index (χ0) is 9.07. The lowest BCUT2D eigenvalue weighted by Gasteiger charge is -1.89. The van der Waals surface area contributed by atoms with Gasteiger partial charge in [-0.1, -0.05) is 24.3 Å². The first-order valence-corrected chi connectivity index (χ1v) is 4.61. The molecule has 0 aromatic heterocycles. The second kappa shape index (κ2) is 10.2. The second-order valence-electron chi connectivity index (χ2n) is 2.72. The van der Waals surface area contributed by atoms with E-state index in [9.17, 15) is 4.79 Å². The van der Waals surface area contributed by atoms with Crippen LogP contribution in [0.1, 0.15) is 39.0 Å². The van der Waals surface area contributed by atoms with Crippen LogP contribution in [0.4, 0.5) is 0 Å². The Morgan fingerprint density at radius 2 is 1.58 bits per heavy atom. The molecule has 0 unspecified atom stereocenters. The van der Waals surface area contributed by atoms with E-state index in [-0.39, 0.29) is 0 Å². The smallest absolute Gasteiger partial charge is 0.120 e. The summed E-state index contributed by atoms with van der Waals surface area (Å²) in [7, 11) is 0. The van der Waals surface area contributed by atoms with Crippen molar-refractivity contribution in [2.45, 2.75) is 39.0 Å². The Morgan fingerprint density at radius 1 is 0.917 bits per heavy atom. The maximum absolute atomic E-state index is 9.94. The number of aldehydes is 1. The zero-order valence-electron chi connectivity index (χ0n) is 7.83. The zero-order valence-corrected chi connectivity index (χ0v) is 7.83. The van der Waals surface area contributed by atoms with Crippen molar-refractivity contribution in [1.29, 1.82) is 0 Å². The molecule has 0 aromatic carbocycles. The first-order chi connectivity index (χ1) is 5.91. The molecule has 0 bridgehead atoms. The van der Waals surface area contributed by atoms with Crippen molar-refractivity contribution in [3.05, 3.63) is 24.3 Å². The molecule has 0 rings (SSSR count). The lowest BCUT2D eigenvalue weighted by atomic mass is 10.2. The number of hydrogen-bond donors (Lipinski definition) is 0. The fourth-order valence-corrected chi connectivity index (χ4v) is 0.920. The molecule has 0 aliphatic heterocycles. The Bertz CT molecular complexity index is 145. The Balaban J connectivity index is 3.07. The molecule has 0 saturated carbocycles. The molecule has 0 spiro atoms. The third kappa shape index (κ3) is 9.15. The molecule has 0 atom stereocenters. The van der Waals surface area contributed by atoms with Crippen molar-refractivity contribution in [2.75, 3.05) is 0 Å². The Morgan fingerprint density at radius 3 is 2.25 bits per heavy atom. The van der Waals surface area contributed by atoms with Crippen LogP contribution in [0.15, 0.2) is 24.3 Å². The van der Waals surface area contributed by atoms with E-state index >= 15 is 0 Å². The highest BCUT2D eigenvalue weighted by molar-refractivity contribution is 5.49. The second-order valence-corrected chi connectivity index (χ2v) is 2.72. The number of hydrogen-bond acceptors (Lipinski definition) is 1. The molecule has 0 N–H and O–H groups in total. The van der Waals surface area contributed by atoms with Gasteiger partial charge in [-0.05, 0) is 32.6 Å². The average Bonchev–Trinajstić information content (AvgIpc) is 2.10. The summed E-state index contributed by atoms with van der Waals surface area (Å²) in [5.41, 5.74) is 0. The summed E-state index contributed by atoms with van der Waals surface area (Å²) in [5, 5.41) is 0. The van der Waals surface area contributed by atoms with Crippen molar-refractivity contribution in [3.8, 4) is 0 Å². The molecule has 0 aromatic rings. The molecule has 0 radical (unpaired) electrons. The number of allylic oxidation sites excluding steroid dienone is 4. The molecular formula is C11H18O. The van der Waals surface area contributed by atoms with Crippen molar-refractivity contribution in [1.82, 2.24) is 0 Å². The Labute approximate surface area is 75.2 Å². The molecule has 68 valence electrons. The van der Waals surface area contributed by atoms with Crippen LogP contribution < -0.4 is 0 Å². The number of carbonyl (C=O) groups excluding carboxylic acids is 1. The van der Waals surface area contributed by atoms with Gasteiger partial charge in [0.05, 0.1) is 0 Å². The lowest BCUT2D eigenvalue weighted by Crippen LogP contribution is -1.72. The van der Waals surface area contributed by atoms with E-state index in [1.54, 1.807) is 0 Å². The summed E-state index contributed by atoms with van der Waals surface area (Å²) >= 11 is 0. The Hall–Kier alpha value is -0.850. The highest BCUT2D eigenvalue weighted by Crippen LogP contribution is 1.98. The van der Waals surface area contributed by atoms with Crippen LogP contribution in [-0.2, 0) is 4.79 Å². The monoisotopic (exact) mass is 166 g/mol. The van der Waals surface area contributed by atoms with Gasteiger partial charge in [0.1, 0.15) is 6.29 Å². The minimum Gasteiger partial charge on any atom is -0.303 e. The van der Waals surface area contributed by atoms with Gasteiger partial charge in [0, 0.05) is 6.42 Å². The van der Waals surface area contributed by atoms with Gasteiger partial charge in [-0.3, -0.25) is 0 Å². The predicted molar refractivity (Wildman–Crippen MR) is 53.1 cm³/mol. The molecule has 0 fully saturated rings. The summed E-state index contributed by atoms with van der Waals surface area (Å²) in [6, 6.07) is 0. The summed E-state index contributed by atoms with van der Waals surface area (Å²) in [6.07, 6.45) is 14.5. The Kier molecular flexibility index (Phi) is 9.43. The maximum atomic E-state index is 9.94. The summed E-state index contributed by atoms with van der Waals surface area (Å²) in [4.78, 5) is 9.94. The minimum absolute atomic E-state index is 0.658. The van der Waals surface area contributed by atoms with Gasteiger partial charge in [0.25, 0.3) is 0 Å². The highest BCUT2D eigenvalue weighted by Gasteiger charge is 1.80. The van der Waals surface area contributed by atoms with Gasteiger partial charge in [-0.2, -0.15) is 0 Å². The molecule has 0 heterocycles. The fourth-order valence-electron chi connectivity index (χ4n) is 0.920. The predicted octanol–water partition coefficient (Wildman–Crippen LogP) is 3.27. The van der Waals surface area contributed by atoms with Crippen LogP contribution in [0.5, 0.6) is 0 Å². The lowest BCUT2D eigenvalue weighted by molar-refractivity contribution is -0.107. The minimum atomic E-state index is 0.658. The summed E-state index contributed by atoms with van der Waals surface area (Å²) < 4.78 is 0. The van der Waals surface area contributed by atoms with E-state index in [4.69, 9.17) is 0 Å². The molecule has 0 amide bonds. The van der Waals surface area contributed by atoms with Crippen molar-refractivity contribution in [2.24, 2.45) is 0 Å².